The van der Waals surface area contributed by atoms with Crippen LogP contribution in [0.1, 0.15) is 0 Å². The van der Waals surface area contributed by atoms with Crippen molar-refractivity contribution in [2.75, 3.05) is 10.5 Å². The van der Waals surface area contributed by atoms with Crippen LogP contribution in [0.3, 0.4) is 0 Å². The third-order valence-corrected chi connectivity index (χ3v) is 3.93. The molecule has 7 nitrogen and oxygen atoms in total. The van der Waals surface area contributed by atoms with Gasteiger partial charge in [0.25, 0.3) is 10.0 Å². The van der Waals surface area contributed by atoms with Gasteiger partial charge in [0.05, 0.1) is 23.0 Å². The van der Waals surface area contributed by atoms with Crippen LogP contribution in [0, 0.1) is 0 Å². The number of aromatic hydroxyl groups is 1. The highest BCUT2D eigenvalue weighted by Gasteiger charge is 2.16. The second kappa shape index (κ2) is 5.02. The minimum Gasteiger partial charge on any atom is -0.506 e. The molecular weight excluding hydrogens is 336 g/mol. The largest absolute Gasteiger partial charge is 0.506 e. The molecule has 2 aromatic rings. The van der Waals surface area contributed by atoms with Crippen molar-refractivity contribution in [3.63, 3.8) is 0 Å². The molecule has 2 rings (SSSR count). The number of nitrogen functional groups attached to an aromatic ring is 1. The number of phenolic OH excluding ortho intramolecular Hbond substituents is 1. The van der Waals surface area contributed by atoms with E-state index in [1.165, 1.54) is 24.5 Å². The highest BCUT2D eigenvalue weighted by Crippen LogP contribution is 2.24. The molecule has 0 saturated heterocycles. The summed E-state index contributed by atoms with van der Waals surface area (Å²) in [6.07, 6.45) is 2.63. The summed E-state index contributed by atoms with van der Waals surface area (Å²) in [7, 11) is -3.82. The van der Waals surface area contributed by atoms with Gasteiger partial charge in [-0.2, -0.15) is 0 Å². The number of nitrogens with two attached hydrogens (primary N) is 1. The number of phenols is 1. The SMILES string of the molecule is Nc1cc(S(=O)(=O)Nc2cnc(Br)cn2)ccc1O. The molecule has 4 N–H and O–H groups in total. The number of rotatable bonds is 3. The van der Waals surface area contributed by atoms with Gasteiger partial charge in [0.2, 0.25) is 0 Å². The Hall–Kier alpha value is -1.87. The number of hydrogen-bond acceptors (Lipinski definition) is 6. The Balaban J connectivity index is 2.32. The van der Waals surface area contributed by atoms with Crippen molar-refractivity contribution in [1.82, 2.24) is 9.97 Å². The standard InChI is InChI=1S/C10H9BrN4O3S/c11-9-4-14-10(5-13-9)15-19(17,18)6-1-2-8(16)7(12)3-6/h1-5,16H,12H2,(H,14,15). The second-order valence-electron chi connectivity index (χ2n) is 3.55. The fourth-order valence-electron chi connectivity index (χ4n) is 1.26. The van der Waals surface area contributed by atoms with E-state index < -0.39 is 10.0 Å². The molecule has 0 atom stereocenters. The fraction of sp³-hybridized carbons (Fsp3) is 0. The normalized spacial score (nSPS) is 11.2. The van der Waals surface area contributed by atoms with Gasteiger partial charge in [0.1, 0.15) is 10.4 Å². The van der Waals surface area contributed by atoms with Crippen LogP contribution in [0.25, 0.3) is 0 Å². The summed E-state index contributed by atoms with van der Waals surface area (Å²) in [6.45, 7) is 0. The van der Waals surface area contributed by atoms with Crippen molar-refractivity contribution in [2.45, 2.75) is 4.90 Å². The van der Waals surface area contributed by atoms with Crippen molar-refractivity contribution in [1.29, 1.82) is 0 Å². The van der Waals surface area contributed by atoms with Gasteiger partial charge >= 0.3 is 0 Å². The minimum atomic E-state index is -3.82. The van der Waals surface area contributed by atoms with Crippen LogP contribution in [0.15, 0.2) is 40.1 Å². The van der Waals surface area contributed by atoms with Crippen molar-refractivity contribution in [2.24, 2.45) is 0 Å². The number of anilines is 2. The van der Waals surface area contributed by atoms with Crippen LogP contribution in [-0.4, -0.2) is 23.5 Å². The quantitative estimate of drug-likeness (QED) is 0.570. The molecule has 19 heavy (non-hydrogen) atoms. The number of hydrogen-bond donors (Lipinski definition) is 3. The molecule has 0 amide bonds. The second-order valence-corrected chi connectivity index (χ2v) is 6.05. The van der Waals surface area contributed by atoms with Crippen LogP contribution in [0.4, 0.5) is 11.5 Å². The molecule has 0 radical (unpaired) electrons. The lowest BCUT2D eigenvalue weighted by atomic mass is 10.3. The van der Waals surface area contributed by atoms with E-state index in [4.69, 9.17) is 5.73 Å². The van der Waals surface area contributed by atoms with Crippen LogP contribution >= 0.6 is 15.9 Å². The molecule has 1 aromatic heterocycles. The topological polar surface area (TPSA) is 118 Å². The van der Waals surface area contributed by atoms with E-state index in [1.807, 2.05) is 0 Å². The highest BCUT2D eigenvalue weighted by atomic mass is 79.9. The average Bonchev–Trinajstić information content (AvgIpc) is 2.35. The van der Waals surface area contributed by atoms with Crippen LogP contribution in [-0.2, 0) is 10.0 Å². The Morgan fingerprint density at radius 1 is 1.26 bits per heavy atom. The summed E-state index contributed by atoms with van der Waals surface area (Å²) in [5.74, 6) is -0.0998. The smallest absolute Gasteiger partial charge is 0.263 e. The van der Waals surface area contributed by atoms with Gasteiger partial charge in [-0.25, -0.2) is 18.4 Å². The van der Waals surface area contributed by atoms with E-state index >= 15 is 0 Å². The number of halogens is 1. The maximum absolute atomic E-state index is 12.0. The Labute approximate surface area is 117 Å². The van der Waals surface area contributed by atoms with E-state index in [9.17, 15) is 13.5 Å². The maximum Gasteiger partial charge on any atom is 0.263 e. The molecule has 1 aromatic carbocycles. The van der Waals surface area contributed by atoms with Crippen molar-refractivity contribution in [3.05, 3.63) is 35.2 Å². The Morgan fingerprint density at radius 2 is 2.00 bits per heavy atom. The maximum atomic E-state index is 12.0. The summed E-state index contributed by atoms with van der Waals surface area (Å²) >= 11 is 3.09. The van der Waals surface area contributed by atoms with Gasteiger partial charge in [-0.3, -0.25) is 4.72 Å². The van der Waals surface area contributed by atoms with E-state index in [1.54, 1.807) is 0 Å². The lowest BCUT2D eigenvalue weighted by Crippen LogP contribution is -2.14. The monoisotopic (exact) mass is 344 g/mol. The zero-order valence-corrected chi connectivity index (χ0v) is 11.8. The van der Waals surface area contributed by atoms with Crippen molar-refractivity contribution >= 4 is 37.5 Å². The average molecular weight is 345 g/mol. The number of nitrogens with zero attached hydrogens (tertiary/aromatic N) is 2. The molecule has 0 aliphatic carbocycles. The van der Waals surface area contributed by atoms with Crippen molar-refractivity contribution < 1.29 is 13.5 Å². The molecule has 9 heteroatoms. The number of benzene rings is 1. The third-order valence-electron chi connectivity index (χ3n) is 2.17. The molecular formula is C10H9BrN4O3S. The molecule has 0 unspecified atom stereocenters. The molecule has 100 valence electrons. The van der Waals surface area contributed by atoms with Crippen LogP contribution < -0.4 is 10.5 Å². The van der Waals surface area contributed by atoms with Gasteiger partial charge in [0.15, 0.2) is 5.82 Å². The van der Waals surface area contributed by atoms with E-state index in [0.717, 1.165) is 6.07 Å². The highest BCUT2D eigenvalue weighted by molar-refractivity contribution is 9.10. The third kappa shape index (κ3) is 3.12. The Morgan fingerprint density at radius 3 is 2.58 bits per heavy atom. The molecule has 0 bridgehead atoms. The molecule has 0 fully saturated rings. The first kappa shape index (κ1) is 13.6. The molecule has 0 spiro atoms. The molecule has 0 aliphatic rings. The number of sulfonamides is 1. The lowest BCUT2D eigenvalue weighted by Gasteiger charge is -2.08. The zero-order valence-electron chi connectivity index (χ0n) is 9.41. The Bertz CT molecular complexity index is 703. The summed E-state index contributed by atoms with van der Waals surface area (Å²) in [6, 6.07) is 3.60. The predicted molar refractivity (Wildman–Crippen MR) is 73.1 cm³/mol. The first-order valence-corrected chi connectivity index (χ1v) is 7.25. The van der Waals surface area contributed by atoms with Gasteiger partial charge in [-0.1, -0.05) is 0 Å². The van der Waals surface area contributed by atoms with Gasteiger partial charge in [-0.05, 0) is 34.1 Å². The molecule has 1 heterocycles. The Kier molecular flexibility index (Phi) is 3.58. The fourth-order valence-corrected chi connectivity index (χ4v) is 2.49. The van der Waals surface area contributed by atoms with E-state index in [-0.39, 0.29) is 22.2 Å². The number of aromatic nitrogens is 2. The van der Waals surface area contributed by atoms with Crippen LogP contribution in [0.5, 0.6) is 5.75 Å². The summed E-state index contributed by atoms with van der Waals surface area (Å²) in [5.41, 5.74) is 5.43. The molecule has 0 saturated carbocycles. The van der Waals surface area contributed by atoms with E-state index in [2.05, 4.69) is 30.6 Å². The van der Waals surface area contributed by atoms with Gasteiger partial charge < -0.3 is 10.8 Å². The molecule has 0 aliphatic heterocycles. The van der Waals surface area contributed by atoms with E-state index in [0.29, 0.717) is 4.60 Å². The minimum absolute atomic E-state index is 0.0234. The summed E-state index contributed by atoms with van der Waals surface area (Å²) in [4.78, 5) is 7.62. The lowest BCUT2D eigenvalue weighted by molar-refractivity contribution is 0.477. The van der Waals surface area contributed by atoms with Crippen LogP contribution in [0.2, 0.25) is 0 Å². The summed E-state index contributed by atoms with van der Waals surface area (Å²) < 4.78 is 26.8. The summed E-state index contributed by atoms with van der Waals surface area (Å²) in [5, 5.41) is 9.26. The first-order chi connectivity index (χ1) is 8.88. The van der Waals surface area contributed by atoms with Crippen molar-refractivity contribution in [3.8, 4) is 5.75 Å². The zero-order chi connectivity index (χ0) is 14.0. The van der Waals surface area contributed by atoms with Gasteiger partial charge in [-0.15, -0.1) is 0 Å². The number of nitrogens with one attached hydrogen (secondary N) is 1. The van der Waals surface area contributed by atoms with Gasteiger partial charge in [0, 0.05) is 0 Å². The predicted octanol–water partition coefficient (Wildman–Crippen LogP) is 1.33. The first-order valence-electron chi connectivity index (χ1n) is 4.97.